The minimum absolute atomic E-state index is 0.00277. The average Bonchev–Trinajstić information content (AvgIpc) is 2.69. The molecule has 0 saturated carbocycles. The van der Waals surface area contributed by atoms with Crippen molar-refractivity contribution in [3.63, 3.8) is 0 Å². The molecular weight excluding hydrogens is 365 g/mol. The van der Waals surface area contributed by atoms with Crippen LogP contribution in [0.2, 0.25) is 0 Å². The van der Waals surface area contributed by atoms with E-state index in [-0.39, 0.29) is 18.9 Å². The van der Waals surface area contributed by atoms with Crippen LogP contribution in [0.4, 0.5) is 4.39 Å². The zero-order chi connectivity index (χ0) is 19.9. The Bertz CT molecular complexity index is 1060. The Morgan fingerprint density at radius 1 is 1.07 bits per heavy atom. The van der Waals surface area contributed by atoms with Gasteiger partial charge in [0, 0.05) is 12.3 Å². The van der Waals surface area contributed by atoms with Crippen LogP contribution in [0, 0.1) is 5.82 Å². The molecule has 1 atom stereocenters. The minimum Gasteiger partial charge on any atom is -0.488 e. The number of aromatic nitrogens is 2. The van der Waals surface area contributed by atoms with E-state index in [4.69, 9.17) is 4.74 Å². The van der Waals surface area contributed by atoms with Crippen molar-refractivity contribution in [2.45, 2.75) is 12.6 Å². The minimum atomic E-state index is -0.679. The van der Waals surface area contributed by atoms with Gasteiger partial charge in [-0.2, -0.15) is 0 Å². The molecule has 0 spiro atoms. The summed E-state index contributed by atoms with van der Waals surface area (Å²) in [6.45, 7) is -0.282. The monoisotopic (exact) mass is 383 g/mol. The first-order valence-electron chi connectivity index (χ1n) is 8.54. The van der Waals surface area contributed by atoms with E-state index >= 15 is 0 Å². The van der Waals surface area contributed by atoms with Gasteiger partial charge < -0.3 is 10.1 Å². The van der Waals surface area contributed by atoms with Gasteiger partial charge in [-0.05, 0) is 17.7 Å². The third kappa shape index (κ3) is 4.94. The van der Waals surface area contributed by atoms with Crippen LogP contribution in [0.15, 0.2) is 76.4 Å². The fourth-order valence-electron chi connectivity index (χ4n) is 2.60. The topological polar surface area (TPSA) is 93.2 Å². The molecule has 0 fully saturated rings. The number of nitrogens with one attached hydrogen (secondary N) is 2. The molecule has 3 aromatic rings. The molecule has 0 aliphatic rings. The number of hydrogen-bond donors (Lipinski definition) is 2. The normalized spacial score (nSPS) is 11.6. The van der Waals surface area contributed by atoms with Crippen molar-refractivity contribution in [1.29, 1.82) is 0 Å². The van der Waals surface area contributed by atoms with Crippen LogP contribution < -0.4 is 21.3 Å². The highest BCUT2D eigenvalue weighted by atomic mass is 19.1. The van der Waals surface area contributed by atoms with Gasteiger partial charge in [0.15, 0.2) is 11.6 Å². The van der Waals surface area contributed by atoms with E-state index in [1.165, 1.54) is 18.3 Å². The fraction of sp³-hybridized carbons (Fsp3) is 0.150. The van der Waals surface area contributed by atoms with Gasteiger partial charge in [0.25, 0.3) is 5.56 Å². The average molecular weight is 383 g/mol. The van der Waals surface area contributed by atoms with E-state index in [0.29, 0.717) is 0 Å². The van der Waals surface area contributed by atoms with Gasteiger partial charge in [0.05, 0.1) is 6.04 Å². The lowest BCUT2D eigenvalue weighted by atomic mass is 10.1. The number of H-pyrrole nitrogens is 1. The summed E-state index contributed by atoms with van der Waals surface area (Å²) in [5.74, 6) is -0.880. The van der Waals surface area contributed by atoms with Crippen molar-refractivity contribution >= 4 is 5.91 Å². The molecule has 2 N–H and O–H groups in total. The van der Waals surface area contributed by atoms with Crippen molar-refractivity contribution in [2.75, 3.05) is 6.61 Å². The molecule has 144 valence electrons. The number of hydrogen-bond acceptors (Lipinski definition) is 4. The summed E-state index contributed by atoms with van der Waals surface area (Å²) < 4.78 is 20.4. The summed E-state index contributed by atoms with van der Waals surface area (Å²) in [5.41, 5.74) is -0.454. The highest BCUT2D eigenvalue weighted by Crippen LogP contribution is 2.19. The van der Waals surface area contributed by atoms with Crippen LogP contribution in [0.5, 0.6) is 5.75 Å². The van der Waals surface area contributed by atoms with Gasteiger partial charge in [-0.3, -0.25) is 19.1 Å². The van der Waals surface area contributed by atoms with Crippen LogP contribution >= 0.6 is 0 Å². The van der Waals surface area contributed by atoms with Crippen LogP contribution in [-0.4, -0.2) is 22.1 Å². The van der Waals surface area contributed by atoms with Crippen LogP contribution in [0.3, 0.4) is 0 Å². The van der Waals surface area contributed by atoms with Gasteiger partial charge >= 0.3 is 5.69 Å². The SMILES string of the molecule is O=C(Cn1ccc(=O)[nH]c1=O)NC(COc1ccccc1F)c1ccccc1. The molecule has 1 unspecified atom stereocenters. The molecule has 0 saturated heterocycles. The summed E-state index contributed by atoms with van der Waals surface area (Å²) in [4.78, 5) is 37.4. The van der Waals surface area contributed by atoms with Gasteiger partial charge in [-0.25, -0.2) is 9.18 Å². The molecule has 0 radical (unpaired) electrons. The van der Waals surface area contributed by atoms with Gasteiger partial charge in [-0.1, -0.05) is 42.5 Å². The lowest BCUT2D eigenvalue weighted by molar-refractivity contribution is -0.122. The molecule has 0 aliphatic carbocycles. The zero-order valence-electron chi connectivity index (χ0n) is 14.8. The molecule has 3 rings (SSSR count). The van der Waals surface area contributed by atoms with Crippen molar-refractivity contribution in [2.24, 2.45) is 0 Å². The second-order valence-corrected chi connectivity index (χ2v) is 6.01. The molecule has 2 aromatic carbocycles. The molecule has 28 heavy (non-hydrogen) atoms. The summed E-state index contributed by atoms with van der Waals surface area (Å²) in [7, 11) is 0. The van der Waals surface area contributed by atoms with Crippen LogP contribution in [-0.2, 0) is 11.3 Å². The maximum atomic E-state index is 13.8. The number of amides is 1. The lowest BCUT2D eigenvalue weighted by Gasteiger charge is -2.20. The summed E-state index contributed by atoms with van der Waals surface area (Å²) >= 11 is 0. The maximum absolute atomic E-state index is 13.8. The standard InChI is InChI=1S/C20H18FN3O4/c21-15-8-4-5-9-17(15)28-13-16(14-6-2-1-3-7-14)22-19(26)12-24-11-10-18(25)23-20(24)27/h1-11,16H,12-13H2,(H,22,26)(H,23,25,27). The van der Waals surface area contributed by atoms with Crippen molar-refractivity contribution in [3.05, 3.63) is 99.1 Å². The van der Waals surface area contributed by atoms with Crippen LogP contribution in [0.1, 0.15) is 11.6 Å². The molecule has 1 amide bonds. The van der Waals surface area contributed by atoms with E-state index in [1.54, 1.807) is 12.1 Å². The molecule has 0 bridgehead atoms. The largest absolute Gasteiger partial charge is 0.488 e. The van der Waals surface area contributed by atoms with Gasteiger partial charge in [0.2, 0.25) is 5.91 Å². The number of para-hydroxylation sites is 1. The number of halogens is 1. The second-order valence-electron chi connectivity index (χ2n) is 6.01. The summed E-state index contributed by atoms with van der Waals surface area (Å²) in [5, 5.41) is 2.78. The number of carbonyl (C=O) groups is 1. The molecule has 1 heterocycles. The number of ether oxygens (including phenoxy) is 1. The van der Waals surface area contributed by atoms with Gasteiger partial charge in [0.1, 0.15) is 13.2 Å². The zero-order valence-corrected chi connectivity index (χ0v) is 14.8. The van der Waals surface area contributed by atoms with Crippen molar-refractivity contribution < 1.29 is 13.9 Å². The highest BCUT2D eigenvalue weighted by molar-refractivity contribution is 5.76. The smallest absolute Gasteiger partial charge is 0.328 e. The van der Waals surface area contributed by atoms with Crippen molar-refractivity contribution in [3.8, 4) is 5.75 Å². The molecule has 1 aromatic heterocycles. The predicted molar refractivity (Wildman–Crippen MR) is 101 cm³/mol. The Balaban J connectivity index is 1.73. The Morgan fingerprint density at radius 3 is 2.50 bits per heavy atom. The third-order valence-electron chi connectivity index (χ3n) is 3.99. The first-order valence-corrected chi connectivity index (χ1v) is 8.54. The van der Waals surface area contributed by atoms with Crippen molar-refractivity contribution in [1.82, 2.24) is 14.9 Å². The quantitative estimate of drug-likeness (QED) is 0.648. The maximum Gasteiger partial charge on any atom is 0.328 e. The summed E-state index contributed by atoms with van der Waals surface area (Å²) in [6, 6.07) is 15.7. The highest BCUT2D eigenvalue weighted by Gasteiger charge is 2.17. The number of nitrogens with zero attached hydrogens (tertiary/aromatic N) is 1. The molecular formula is C20H18FN3O4. The second kappa shape index (κ2) is 8.81. The summed E-state index contributed by atoms with van der Waals surface area (Å²) in [6.07, 6.45) is 1.24. The van der Waals surface area contributed by atoms with E-state index in [2.05, 4.69) is 10.3 Å². The van der Waals surface area contributed by atoms with E-state index in [0.717, 1.165) is 16.2 Å². The Morgan fingerprint density at radius 2 is 1.79 bits per heavy atom. The van der Waals surface area contributed by atoms with Gasteiger partial charge in [-0.15, -0.1) is 0 Å². The van der Waals surface area contributed by atoms with E-state index < -0.39 is 29.0 Å². The number of benzene rings is 2. The third-order valence-corrected chi connectivity index (χ3v) is 3.99. The Hall–Kier alpha value is -3.68. The van der Waals surface area contributed by atoms with E-state index in [1.807, 2.05) is 30.3 Å². The van der Waals surface area contributed by atoms with E-state index in [9.17, 15) is 18.8 Å². The number of carbonyl (C=O) groups excluding carboxylic acids is 1. The molecule has 7 nitrogen and oxygen atoms in total. The Kier molecular flexibility index (Phi) is 6.01. The Labute approximate surface area is 159 Å². The molecule has 8 heteroatoms. The molecule has 0 aliphatic heterocycles. The number of aromatic amines is 1. The lowest BCUT2D eigenvalue weighted by Crippen LogP contribution is -2.38. The fourth-order valence-corrected chi connectivity index (χ4v) is 2.60. The first-order chi connectivity index (χ1) is 13.5. The van der Waals surface area contributed by atoms with Crippen LogP contribution in [0.25, 0.3) is 0 Å². The predicted octanol–water partition coefficient (Wildman–Crippen LogP) is 1.61. The number of rotatable bonds is 7. The first kappa shape index (κ1) is 19.1.